The molecule has 0 aromatic carbocycles. The summed E-state index contributed by atoms with van der Waals surface area (Å²) in [5, 5.41) is 8.11. The van der Waals surface area contributed by atoms with Gasteiger partial charge in [-0.3, -0.25) is 0 Å². The van der Waals surface area contributed by atoms with Crippen molar-refractivity contribution >= 4 is 0 Å². The van der Waals surface area contributed by atoms with E-state index in [4.69, 9.17) is 4.74 Å². The first kappa shape index (κ1) is 9.90. The van der Waals surface area contributed by atoms with Crippen molar-refractivity contribution in [2.75, 3.05) is 7.11 Å². The second-order valence-corrected chi connectivity index (χ2v) is 3.65. The van der Waals surface area contributed by atoms with Gasteiger partial charge >= 0.3 is 0 Å². The van der Waals surface area contributed by atoms with Crippen LogP contribution in [0.25, 0.3) is 0 Å². The number of ether oxygens (including phenoxy) is 1. The lowest BCUT2D eigenvalue weighted by atomic mass is 9.94. The van der Waals surface area contributed by atoms with E-state index in [1.807, 2.05) is 12.1 Å². The lowest BCUT2D eigenvalue weighted by Crippen LogP contribution is -2.02. The molecule has 1 heterocycles. The van der Waals surface area contributed by atoms with Crippen LogP contribution in [0.3, 0.4) is 0 Å². The van der Waals surface area contributed by atoms with E-state index in [1.54, 1.807) is 7.11 Å². The molecule has 1 atom stereocenters. The standard InChI is InChI=1S/C12H14N2O/c1-9-3-5-10(6-4-9)11-7-8-12(15-2)14-13-11/h3-5,7-8,10H,6H2,1-2H3. The molecule has 1 aromatic rings. The van der Waals surface area contributed by atoms with Crippen molar-refractivity contribution in [2.45, 2.75) is 19.3 Å². The molecule has 2 rings (SSSR count). The summed E-state index contributed by atoms with van der Waals surface area (Å²) in [6.45, 7) is 2.10. The Bertz CT molecular complexity index is 393. The van der Waals surface area contributed by atoms with E-state index < -0.39 is 0 Å². The fourth-order valence-electron chi connectivity index (χ4n) is 1.58. The predicted octanol–water partition coefficient (Wildman–Crippen LogP) is 2.48. The summed E-state index contributed by atoms with van der Waals surface area (Å²) in [5.74, 6) is 0.914. The minimum atomic E-state index is 0.354. The van der Waals surface area contributed by atoms with Crippen molar-refractivity contribution in [1.82, 2.24) is 10.2 Å². The smallest absolute Gasteiger partial charge is 0.233 e. The summed E-state index contributed by atoms with van der Waals surface area (Å²) in [6.07, 6.45) is 7.52. The molecule has 1 unspecified atom stereocenters. The molecule has 0 amide bonds. The Kier molecular flexibility index (Phi) is 2.81. The molecule has 0 radical (unpaired) electrons. The van der Waals surface area contributed by atoms with Crippen LogP contribution in [0, 0.1) is 0 Å². The number of aromatic nitrogens is 2. The summed E-state index contributed by atoms with van der Waals surface area (Å²) in [5.41, 5.74) is 2.31. The fraction of sp³-hybridized carbons (Fsp3) is 0.333. The van der Waals surface area contributed by atoms with Crippen molar-refractivity contribution in [3.63, 3.8) is 0 Å². The van der Waals surface area contributed by atoms with E-state index >= 15 is 0 Å². The Balaban J connectivity index is 2.14. The zero-order valence-corrected chi connectivity index (χ0v) is 8.97. The van der Waals surface area contributed by atoms with Gasteiger partial charge in [-0.1, -0.05) is 23.8 Å². The van der Waals surface area contributed by atoms with Crippen LogP contribution in [-0.2, 0) is 0 Å². The van der Waals surface area contributed by atoms with Crippen LogP contribution in [0.4, 0.5) is 0 Å². The quantitative estimate of drug-likeness (QED) is 0.739. The van der Waals surface area contributed by atoms with Gasteiger partial charge in [-0.15, -0.1) is 5.10 Å². The first-order chi connectivity index (χ1) is 7.29. The summed E-state index contributed by atoms with van der Waals surface area (Å²) < 4.78 is 4.97. The molecule has 0 saturated heterocycles. The zero-order valence-electron chi connectivity index (χ0n) is 8.97. The highest BCUT2D eigenvalue weighted by Crippen LogP contribution is 2.25. The number of methoxy groups -OCH3 is 1. The third kappa shape index (κ3) is 2.24. The van der Waals surface area contributed by atoms with Crippen LogP contribution in [0.2, 0.25) is 0 Å². The molecule has 0 aliphatic heterocycles. The molecule has 0 fully saturated rings. The number of rotatable bonds is 2. The predicted molar refractivity (Wildman–Crippen MR) is 58.8 cm³/mol. The molecule has 0 spiro atoms. The van der Waals surface area contributed by atoms with Crippen molar-refractivity contribution in [2.24, 2.45) is 0 Å². The number of nitrogens with zero attached hydrogens (tertiary/aromatic N) is 2. The lowest BCUT2D eigenvalue weighted by molar-refractivity contribution is 0.390. The van der Waals surface area contributed by atoms with Crippen LogP contribution in [0.15, 0.2) is 35.9 Å². The Morgan fingerprint density at radius 1 is 1.33 bits per heavy atom. The lowest BCUT2D eigenvalue weighted by Gasteiger charge is -2.13. The summed E-state index contributed by atoms with van der Waals surface area (Å²) in [6, 6.07) is 3.82. The van der Waals surface area contributed by atoms with Gasteiger partial charge in [-0.2, -0.15) is 5.10 Å². The molecule has 0 N–H and O–H groups in total. The molecule has 3 heteroatoms. The normalized spacial score (nSPS) is 19.9. The van der Waals surface area contributed by atoms with Crippen molar-refractivity contribution in [3.8, 4) is 5.88 Å². The highest BCUT2D eigenvalue weighted by atomic mass is 16.5. The summed E-state index contributed by atoms with van der Waals surface area (Å²) in [4.78, 5) is 0. The van der Waals surface area contributed by atoms with E-state index in [2.05, 4.69) is 35.3 Å². The summed E-state index contributed by atoms with van der Waals surface area (Å²) >= 11 is 0. The van der Waals surface area contributed by atoms with E-state index in [0.717, 1.165) is 12.1 Å². The van der Waals surface area contributed by atoms with Crippen molar-refractivity contribution < 1.29 is 4.74 Å². The highest BCUT2D eigenvalue weighted by molar-refractivity contribution is 5.28. The maximum absolute atomic E-state index is 4.97. The Hall–Kier alpha value is -1.64. The Morgan fingerprint density at radius 3 is 2.73 bits per heavy atom. The van der Waals surface area contributed by atoms with E-state index in [-0.39, 0.29) is 0 Å². The topological polar surface area (TPSA) is 35.0 Å². The molecule has 1 aliphatic carbocycles. The van der Waals surface area contributed by atoms with E-state index in [1.165, 1.54) is 5.57 Å². The molecule has 3 nitrogen and oxygen atoms in total. The van der Waals surface area contributed by atoms with Gasteiger partial charge in [0.05, 0.1) is 12.8 Å². The number of hydrogen-bond acceptors (Lipinski definition) is 3. The van der Waals surface area contributed by atoms with Crippen LogP contribution < -0.4 is 4.74 Å². The maximum Gasteiger partial charge on any atom is 0.233 e. The zero-order chi connectivity index (χ0) is 10.7. The minimum Gasteiger partial charge on any atom is -0.480 e. The fourth-order valence-corrected chi connectivity index (χ4v) is 1.58. The van der Waals surface area contributed by atoms with Crippen LogP contribution in [-0.4, -0.2) is 17.3 Å². The van der Waals surface area contributed by atoms with Crippen molar-refractivity contribution in [3.05, 3.63) is 41.6 Å². The summed E-state index contributed by atoms with van der Waals surface area (Å²) in [7, 11) is 1.59. The second kappa shape index (κ2) is 4.26. The van der Waals surface area contributed by atoms with Gasteiger partial charge in [0.1, 0.15) is 0 Å². The average Bonchev–Trinajstić information content (AvgIpc) is 2.30. The third-order valence-corrected chi connectivity index (χ3v) is 2.53. The Morgan fingerprint density at radius 2 is 2.20 bits per heavy atom. The van der Waals surface area contributed by atoms with Crippen molar-refractivity contribution in [1.29, 1.82) is 0 Å². The molecule has 0 bridgehead atoms. The molecule has 15 heavy (non-hydrogen) atoms. The number of hydrogen-bond donors (Lipinski definition) is 0. The molecule has 78 valence electrons. The Labute approximate surface area is 89.5 Å². The van der Waals surface area contributed by atoms with Gasteiger partial charge in [0.15, 0.2) is 0 Å². The van der Waals surface area contributed by atoms with Crippen LogP contribution in [0.1, 0.15) is 25.0 Å². The first-order valence-corrected chi connectivity index (χ1v) is 5.02. The highest BCUT2D eigenvalue weighted by Gasteiger charge is 2.11. The monoisotopic (exact) mass is 202 g/mol. The molecular weight excluding hydrogens is 188 g/mol. The second-order valence-electron chi connectivity index (χ2n) is 3.65. The average molecular weight is 202 g/mol. The van der Waals surface area contributed by atoms with E-state index in [9.17, 15) is 0 Å². The van der Waals surface area contributed by atoms with Gasteiger partial charge in [-0.25, -0.2) is 0 Å². The van der Waals surface area contributed by atoms with Gasteiger partial charge in [0, 0.05) is 12.0 Å². The maximum atomic E-state index is 4.97. The third-order valence-electron chi connectivity index (χ3n) is 2.53. The minimum absolute atomic E-state index is 0.354. The van der Waals surface area contributed by atoms with Gasteiger partial charge in [0.2, 0.25) is 5.88 Å². The van der Waals surface area contributed by atoms with Crippen LogP contribution in [0.5, 0.6) is 5.88 Å². The van der Waals surface area contributed by atoms with Gasteiger partial charge < -0.3 is 4.74 Å². The molecule has 0 saturated carbocycles. The number of allylic oxidation sites excluding steroid dienone is 4. The van der Waals surface area contributed by atoms with Crippen LogP contribution >= 0.6 is 0 Å². The largest absolute Gasteiger partial charge is 0.480 e. The molecule has 1 aromatic heterocycles. The first-order valence-electron chi connectivity index (χ1n) is 5.02. The SMILES string of the molecule is COc1ccc(C2C=CC(C)=CC2)nn1. The van der Waals surface area contributed by atoms with Gasteiger partial charge in [-0.05, 0) is 19.4 Å². The van der Waals surface area contributed by atoms with E-state index in [0.29, 0.717) is 11.8 Å². The molecular formula is C12H14N2O. The van der Waals surface area contributed by atoms with Gasteiger partial charge in [0.25, 0.3) is 0 Å². The molecule has 1 aliphatic rings.